The standard InChI is InChI=1S/C28H20N2O/c29-17-21-9-13-23(14-10-21)27-7-3-1-5-25(27)19-31-20-26-6-2-4-8-28(26)24-15-11-22(18-30)12-16-24/h1-16H,19-20H2. The van der Waals surface area contributed by atoms with Crippen LogP contribution in [0.3, 0.4) is 0 Å². The molecule has 148 valence electrons. The van der Waals surface area contributed by atoms with Crippen LogP contribution in [0.1, 0.15) is 22.3 Å². The van der Waals surface area contributed by atoms with Crippen molar-refractivity contribution in [3.8, 4) is 34.4 Å². The van der Waals surface area contributed by atoms with Gasteiger partial charge in [0.2, 0.25) is 0 Å². The first-order valence-electron chi connectivity index (χ1n) is 10.0. The minimum absolute atomic E-state index is 0.484. The zero-order valence-corrected chi connectivity index (χ0v) is 17.0. The summed E-state index contributed by atoms with van der Waals surface area (Å²) in [5.41, 5.74) is 7.84. The second-order valence-electron chi connectivity index (χ2n) is 7.19. The van der Waals surface area contributed by atoms with E-state index < -0.39 is 0 Å². The molecule has 3 heteroatoms. The summed E-state index contributed by atoms with van der Waals surface area (Å²) in [6.07, 6.45) is 0. The topological polar surface area (TPSA) is 56.8 Å². The monoisotopic (exact) mass is 400 g/mol. The molecular formula is C28H20N2O. The third kappa shape index (κ3) is 4.70. The van der Waals surface area contributed by atoms with Crippen molar-refractivity contribution in [2.24, 2.45) is 0 Å². The Morgan fingerprint density at radius 1 is 0.516 bits per heavy atom. The summed E-state index contributed by atoms with van der Waals surface area (Å²) in [6.45, 7) is 0.968. The summed E-state index contributed by atoms with van der Waals surface area (Å²) in [6, 6.07) is 35.9. The molecule has 31 heavy (non-hydrogen) atoms. The van der Waals surface area contributed by atoms with Crippen LogP contribution in [0.25, 0.3) is 22.3 Å². The zero-order chi connectivity index (χ0) is 21.5. The van der Waals surface area contributed by atoms with Gasteiger partial charge >= 0.3 is 0 Å². The van der Waals surface area contributed by atoms with Gasteiger partial charge in [-0.25, -0.2) is 0 Å². The van der Waals surface area contributed by atoms with Gasteiger partial charge in [0.05, 0.1) is 36.5 Å². The van der Waals surface area contributed by atoms with E-state index in [1.807, 2.05) is 72.8 Å². The molecule has 0 amide bonds. The fourth-order valence-electron chi connectivity index (χ4n) is 3.58. The van der Waals surface area contributed by atoms with Crippen molar-refractivity contribution >= 4 is 0 Å². The van der Waals surface area contributed by atoms with E-state index in [4.69, 9.17) is 15.3 Å². The molecule has 0 aliphatic rings. The highest BCUT2D eigenvalue weighted by Crippen LogP contribution is 2.27. The molecule has 0 bridgehead atoms. The second-order valence-corrected chi connectivity index (χ2v) is 7.19. The predicted molar refractivity (Wildman–Crippen MR) is 122 cm³/mol. The maximum absolute atomic E-state index is 9.02. The van der Waals surface area contributed by atoms with E-state index in [-0.39, 0.29) is 0 Å². The Kier molecular flexibility index (Phi) is 6.19. The van der Waals surface area contributed by atoms with E-state index in [2.05, 4.69) is 36.4 Å². The van der Waals surface area contributed by atoms with Crippen molar-refractivity contribution in [1.82, 2.24) is 0 Å². The number of rotatable bonds is 6. The average Bonchev–Trinajstić information content (AvgIpc) is 2.85. The predicted octanol–water partition coefficient (Wildman–Crippen LogP) is 6.48. The van der Waals surface area contributed by atoms with Crippen LogP contribution in [0.2, 0.25) is 0 Å². The number of hydrogen-bond acceptors (Lipinski definition) is 3. The van der Waals surface area contributed by atoms with Crippen LogP contribution in [0.5, 0.6) is 0 Å². The third-order valence-corrected chi connectivity index (χ3v) is 5.20. The van der Waals surface area contributed by atoms with Crippen LogP contribution >= 0.6 is 0 Å². The smallest absolute Gasteiger partial charge is 0.0991 e. The van der Waals surface area contributed by atoms with Crippen LogP contribution in [-0.4, -0.2) is 0 Å². The van der Waals surface area contributed by atoms with Crippen molar-refractivity contribution < 1.29 is 4.74 Å². The Labute approximate surface area is 182 Å². The summed E-state index contributed by atoms with van der Waals surface area (Å²) in [5.74, 6) is 0. The maximum atomic E-state index is 9.02. The lowest BCUT2D eigenvalue weighted by molar-refractivity contribution is 0.108. The normalized spacial score (nSPS) is 10.3. The molecule has 0 atom stereocenters. The van der Waals surface area contributed by atoms with E-state index in [1.165, 1.54) is 0 Å². The zero-order valence-electron chi connectivity index (χ0n) is 17.0. The molecule has 0 N–H and O–H groups in total. The molecule has 4 aromatic rings. The Morgan fingerprint density at radius 3 is 1.29 bits per heavy atom. The van der Waals surface area contributed by atoms with E-state index in [9.17, 15) is 0 Å². The van der Waals surface area contributed by atoms with Crippen LogP contribution in [0.15, 0.2) is 97.1 Å². The van der Waals surface area contributed by atoms with Crippen molar-refractivity contribution in [2.75, 3.05) is 0 Å². The first kappa shape index (κ1) is 20.1. The Hall–Kier alpha value is -4.18. The summed E-state index contributed by atoms with van der Waals surface area (Å²) in [4.78, 5) is 0. The van der Waals surface area contributed by atoms with Gasteiger partial charge in [-0.05, 0) is 57.6 Å². The lowest BCUT2D eigenvalue weighted by Crippen LogP contribution is -1.98. The lowest BCUT2D eigenvalue weighted by Gasteiger charge is -2.13. The molecule has 0 heterocycles. The fraction of sp³-hybridized carbons (Fsp3) is 0.0714. The van der Waals surface area contributed by atoms with Gasteiger partial charge in [0.25, 0.3) is 0 Å². The summed E-state index contributed by atoms with van der Waals surface area (Å²) >= 11 is 0. The molecule has 0 unspecified atom stereocenters. The third-order valence-electron chi connectivity index (χ3n) is 5.20. The molecular weight excluding hydrogens is 380 g/mol. The Bertz CT molecular complexity index is 1160. The molecule has 0 aliphatic heterocycles. The molecule has 0 saturated heterocycles. The maximum Gasteiger partial charge on any atom is 0.0991 e. The summed E-state index contributed by atoms with van der Waals surface area (Å²) in [7, 11) is 0. The minimum Gasteiger partial charge on any atom is -0.372 e. The Balaban J connectivity index is 1.51. The molecule has 3 nitrogen and oxygen atoms in total. The van der Waals surface area contributed by atoms with Crippen molar-refractivity contribution in [3.63, 3.8) is 0 Å². The quantitative estimate of drug-likeness (QED) is 0.372. The van der Waals surface area contributed by atoms with Gasteiger partial charge in [0, 0.05) is 0 Å². The van der Waals surface area contributed by atoms with Crippen LogP contribution in [0, 0.1) is 22.7 Å². The van der Waals surface area contributed by atoms with Gasteiger partial charge in [-0.1, -0.05) is 72.8 Å². The van der Waals surface area contributed by atoms with Crippen LogP contribution < -0.4 is 0 Å². The summed E-state index contributed by atoms with van der Waals surface area (Å²) < 4.78 is 6.12. The van der Waals surface area contributed by atoms with Crippen molar-refractivity contribution in [2.45, 2.75) is 13.2 Å². The van der Waals surface area contributed by atoms with E-state index in [0.717, 1.165) is 33.4 Å². The SMILES string of the molecule is N#Cc1ccc(-c2ccccc2COCc2ccccc2-c2ccc(C#N)cc2)cc1. The lowest BCUT2D eigenvalue weighted by atomic mass is 9.98. The van der Waals surface area contributed by atoms with Gasteiger partial charge in [-0.2, -0.15) is 10.5 Å². The van der Waals surface area contributed by atoms with Crippen LogP contribution in [0.4, 0.5) is 0 Å². The molecule has 0 spiro atoms. The number of ether oxygens (including phenoxy) is 1. The molecule has 0 saturated carbocycles. The molecule has 0 aromatic heterocycles. The average molecular weight is 400 g/mol. The summed E-state index contributed by atoms with van der Waals surface area (Å²) in [5, 5.41) is 18.0. The number of hydrogen-bond donors (Lipinski definition) is 0. The molecule has 0 radical (unpaired) electrons. The fourth-order valence-corrected chi connectivity index (χ4v) is 3.58. The first-order valence-corrected chi connectivity index (χ1v) is 10.0. The second kappa shape index (κ2) is 9.55. The number of nitrogens with zero attached hydrogens (tertiary/aromatic N) is 2. The van der Waals surface area contributed by atoms with Crippen molar-refractivity contribution in [1.29, 1.82) is 10.5 Å². The highest BCUT2D eigenvalue weighted by Gasteiger charge is 2.08. The molecule has 4 aromatic carbocycles. The molecule has 4 rings (SSSR count). The highest BCUT2D eigenvalue weighted by atomic mass is 16.5. The van der Waals surface area contributed by atoms with Gasteiger partial charge in [0.15, 0.2) is 0 Å². The van der Waals surface area contributed by atoms with E-state index in [0.29, 0.717) is 24.3 Å². The van der Waals surface area contributed by atoms with Crippen molar-refractivity contribution in [3.05, 3.63) is 119 Å². The molecule has 0 fully saturated rings. The van der Waals surface area contributed by atoms with E-state index in [1.54, 1.807) is 0 Å². The van der Waals surface area contributed by atoms with Gasteiger partial charge in [0.1, 0.15) is 0 Å². The number of benzene rings is 4. The Morgan fingerprint density at radius 2 is 0.903 bits per heavy atom. The van der Waals surface area contributed by atoms with Crippen LogP contribution in [-0.2, 0) is 18.0 Å². The first-order chi connectivity index (χ1) is 15.3. The highest BCUT2D eigenvalue weighted by molar-refractivity contribution is 5.69. The number of nitriles is 2. The van der Waals surface area contributed by atoms with Gasteiger partial charge < -0.3 is 4.74 Å². The van der Waals surface area contributed by atoms with Gasteiger partial charge in [-0.3, -0.25) is 0 Å². The largest absolute Gasteiger partial charge is 0.372 e. The minimum atomic E-state index is 0.484. The van der Waals surface area contributed by atoms with Gasteiger partial charge in [-0.15, -0.1) is 0 Å². The molecule has 0 aliphatic carbocycles. The van der Waals surface area contributed by atoms with E-state index >= 15 is 0 Å².